The number of hydrogen-bond acceptors (Lipinski definition) is 3. The smallest absolute Gasteiger partial charge is 0.269 e. The highest BCUT2D eigenvalue weighted by Crippen LogP contribution is 2.32. The van der Waals surface area contributed by atoms with Crippen molar-refractivity contribution in [3.63, 3.8) is 0 Å². The lowest BCUT2D eigenvalue weighted by Crippen LogP contribution is -2.13. The van der Waals surface area contributed by atoms with Gasteiger partial charge in [-0.25, -0.2) is 17.4 Å². The van der Waals surface area contributed by atoms with Gasteiger partial charge in [0.25, 0.3) is 10.0 Å². The van der Waals surface area contributed by atoms with E-state index in [2.05, 4.69) is 9.97 Å². The summed E-state index contributed by atoms with van der Waals surface area (Å²) in [6.07, 6.45) is 3.00. The molecule has 0 spiro atoms. The molecule has 1 N–H and O–H groups in total. The molecule has 0 aliphatic carbocycles. The van der Waals surface area contributed by atoms with Gasteiger partial charge in [-0.3, -0.25) is 0 Å². The number of aromatic amines is 1. The summed E-state index contributed by atoms with van der Waals surface area (Å²) in [6.45, 7) is 1.92. The van der Waals surface area contributed by atoms with Crippen LogP contribution < -0.4 is 0 Å². The van der Waals surface area contributed by atoms with Crippen molar-refractivity contribution in [1.29, 1.82) is 0 Å². The van der Waals surface area contributed by atoms with Crippen LogP contribution in [0.25, 0.3) is 22.3 Å². The van der Waals surface area contributed by atoms with Gasteiger partial charge in [-0.2, -0.15) is 0 Å². The van der Waals surface area contributed by atoms with Crippen LogP contribution in [-0.4, -0.2) is 22.4 Å². The molecule has 0 bridgehead atoms. The lowest BCUT2D eigenvalue weighted by Gasteiger charge is -2.09. The summed E-state index contributed by atoms with van der Waals surface area (Å²) in [5.74, 6) is 0.411. The third kappa shape index (κ3) is 2.15. The first-order valence-corrected chi connectivity index (χ1v) is 8.95. The average Bonchev–Trinajstić information content (AvgIpc) is 3.19. The number of nitrogens with one attached hydrogen (secondary N) is 1. The summed E-state index contributed by atoms with van der Waals surface area (Å²) < 4.78 is 27.2. The van der Waals surface area contributed by atoms with Crippen molar-refractivity contribution in [2.75, 3.05) is 0 Å². The number of hydrogen-bond donors (Lipinski definition) is 1. The van der Waals surface area contributed by atoms with Gasteiger partial charge >= 0.3 is 0 Å². The number of aryl methyl sites for hydroxylation is 1. The molecule has 2 aromatic heterocycles. The van der Waals surface area contributed by atoms with E-state index < -0.39 is 10.0 Å². The second-order valence-corrected chi connectivity index (χ2v) is 7.35. The van der Waals surface area contributed by atoms with Crippen molar-refractivity contribution in [2.45, 2.75) is 11.8 Å². The SMILES string of the molecule is Cc1[nH]c2ccccc2c1-c1nccn1S(=O)(=O)c1ccccc1. The first-order chi connectivity index (χ1) is 11.6. The molecule has 0 saturated carbocycles. The highest BCUT2D eigenvalue weighted by Gasteiger charge is 2.23. The molecule has 24 heavy (non-hydrogen) atoms. The van der Waals surface area contributed by atoms with E-state index in [0.29, 0.717) is 5.82 Å². The molecule has 0 fully saturated rings. The van der Waals surface area contributed by atoms with Gasteiger partial charge in [0.2, 0.25) is 0 Å². The quantitative estimate of drug-likeness (QED) is 0.621. The van der Waals surface area contributed by atoms with Crippen LogP contribution in [0.4, 0.5) is 0 Å². The first kappa shape index (κ1) is 14.7. The van der Waals surface area contributed by atoms with E-state index in [-0.39, 0.29) is 4.90 Å². The summed E-state index contributed by atoms with van der Waals surface area (Å²) in [5, 5.41) is 0.950. The van der Waals surface area contributed by atoms with Crippen LogP contribution in [0.2, 0.25) is 0 Å². The second-order valence-electron chi connectivity index (χ2n) is 5.54. The molecule has 0 radical (unpaired) electrons. The van der Waals surface area contributed by atoms with Crippen LogP contribution in [-0.2, 0) is 10.0 Å². The van der Waals surface area contributed by atoms with Crippen LogP contribution in [0.15, 0.2) is 71.9 Å². The molecule has 2 aromatic carbocycles. The Balaban J connectivity index is 1.97. The molecular formula is C18H15N3O2S. The van der Waals surface area contributed by atoms with Crippen LogP contribution in [0, 0.1) is 6.92 Å². The van der Waals surface area contributed by atoms with Gasteiger partial charge in [0.1, 0.15) is 0 Å². The van der Waals surface area contributed by atoms with Gasteiger partial charge in [-0.05, 0) is 25.1 Å². The number of H-pyrrole nitrogens is 1. The van der Waals surface area contributed by atoms with Gasteiger partial charge in [-0.1, -0.05) is 36.4 Å². The van der Waals surface area contributed by atoms with E-state index in [1.165, 1.54) is 16.4 Å². The molecule has 0 atom stereocenters. The number of rotatable bonds is 3. The zero-order valence-electron chi connectivity index (χ0n) is 13.0. The fraction of sp³-hybridized carbons (Fsp3) is 0.0556. The molecule has 6 heteroatoms. The van der Waals surface area contributed by atoms with Gasteiger partial charge < -0.3 is 4.98 Å². The maximum atomic E-state index is 13.0. The van der Waals surface area contributed by atoms with Crippen molar-refractivity contribution in [2.24, 2.45) is 0 Å². The standard InChI is InChI=1S/C18H15N3O2S/c1-13-17(15-9-5-6-10-16(15)20-13)18-19-11-12-21(18)24(22,23)14-7-3-2-4-8-14/h2-12,20H,1H3. The second kappa shape index (κ2) is 5.35. The Morgan fingerprint density at radius 1 is 1.00 bits per heavy atom. The van der Waals surface area contributed by atoms with Crippen molar-refractivity contribution in [1.82, 2.24) is 13.9 Å². The highest BCUT2D eigenvalue weighted by molar-refractivity contribution is 7.90. The molecule has 5 nitrogen and oxygen atoms in total. The highest BCUT2D eigenvalue weighted by atomic mass is 32.2. The topological polar surface area (TPSA) is 67.8 Å². The molecule has 0 saturated heterocycles. The first-order valence-electron chi connectivity index (χ1n) is 7.51. The van der Waals surface area contributed by atoms with Crippen molar-refractivity contribution in [3.8, 4) is 11.4 Å². The van der Waals surface area contributed by atoms with Crippen LogP contribution in [0.1, 0.15) is 5.69 Å². The third-order valence-electron chi connectivity index (χ3n) is 4.02. The predicted octanol–water partition coefficient (Wildman–Crippen LogP) is 3.58. The summed E-state index contributed by atoms with van der Waals surface area (Å²) in [4.78, 5) is 7.85. The van der Waals surface area contributed by atoms with E-state index in [1.807, 2.05) is 31.2 Å². The summed E-state index contributed by atoms with van der Waals surface area (Å²) >= 11 is 0. The molecule has 0 unspecified atom stereocenters. The normalized spacial score (nSPS) is 11.9. The van der Waals surface area contributed by atoms with Gasteiger partial charge in [0.15, 0.2) is 5.82 Å². The zero-order valence-corrected chi connectivity index (χ0v) is 13.8. The maximum Gasteiger partial charge on any atom is 0.269 e. The van der Waals surface area contributed by atoms with Crippen molar-refractivity contribution >= 4 is 20.9 Å². The molecule has 0 aliphatic rings. The minimum atomic E-state index is -3.70. The van der Waals surface area contributed by atoms with Crippen molar-refractivity contribution in [3.05, 3.63) is 72.7 Å². The van der Waals surface area contributed by atoms with Gasteiger partial charge in [-0.15, -0.1) is 0 Å². The number of imidazole rings is 1. The Kier molecular flexibility index (Phi) is 3.28. The zero-order chi connectivity index (χ0) is 16.7. The fourth-order valence-electron chi connectivity index (χ4n) is 2.93. The lowest BCUT2D eigenvalue weighted by atomic mass is 10.1. The molecule has 0 amide bonds. The molecule has 120 valence electrons. The van der Waals surface area contributed by atoms with E-state index >= 15 is 0 Å². The van der Waals surface area contributed by atoms with E-state index in [4.69, 9.17) is 0 Å². The van der Waals surface area contributed by atoms with Crippen LogP contribution >= 0.6 is 0 Å². The summed E-state index contributed by atoms with van der Waals surface area (Å²) in [5.41, 5.74) is 2.64. The van der Waals surface area contributed by atoms with Crippen LogP contribution in [0.3, 0.4) is 0 Å². The van der Waals surface area contributed by atoms with E-state index in [9.17, 15) is 8.42 Å². The van der Waals surface area contributed by atoms with E-state index in [0.717, 1.165) is 22.2 Å². The van der Waals surface area contributed by atoms with Crippen LogP contribution in [0.5, 0.6) is 0 Å². The minimum Gasteiger partial charge on any atom is -0.358 e. The Labute approximate surface area is 139 Å². The number of nitrogens with zero attached hydrogens (tertiary/aromatic N) is 2. The Morgan fingerprint density at radius 3 is 2.50 bits per heavy atom. The minimum absolute atomic E-state index is 0.238. The Bertz CT molecular complexity index is 1130. The third-order valence-corrected chi connectivity index (χ3v) is 5.71. The number of para-hydroxylation sites is 1. The Hall–Kier alpha value is -2.86. The average molecular weight is 337 g/mol. The largest absolute Gasteiger partial charge is 0.358 e. The molecule has 0 aliphatic heterocycles. The predicted molar refractivity (Wildman–Crippen MR) is 93.3 cm³/mol. The maximum absolute atomic E-state index is 13.0. The monoisotopic (exact) mass is 337 g/mol. The van der Waals surface area contributed by atoms with Gasteiger partial charge in [0, 0.05) is 34.6 Å². The lowest BCUT2D eigenvalue weighted by molar-refractivity contribution is 0.588. The van der Waals surface area contributed by atoms with Gasteiger partial charge in [0.05, 0.1) is 4.90 Å². The number of aromatic nitrogens is 3. The Morgan fingerprint density at radius 2 is 1.71 bits per heavy atom. The molecule has 4 aromatic rings. The number of benzene rings is 2. The summed E-state index contributed by atoms with van der Waals surface area (Å²) in [7, 11) is -3.70. The number of fused-ring (bicyclic) bond motifs is 1. The fourth-order valence-corrected chi connectivity index (χ4v) is 4.24. The summed E-state index contributed by atoms with van der Waals surface area (Å²) in [6, 6.07) is 16.2. The molecule has 2 heterocycles. The van der Waals surface area contributed by atoms with E-state index in [1.54, 1.807) is 30.3 Å². The van der Waals surface area contributed by atoms with Crippen molar-refractivity contribution < 1.29 is 8.42 Å². The molecule has 4 rings (SSSR count). The molecular weight excluding hydrogens is 322 g/mol.